The first-order chi connectivity index (χ1) is 8.47. The van der Waals surface area contributed by atoms with Gasteiger partial charge in [0, 0.05) is 17.8 Å². The Bertz CT molecular complexity index is 606. The number of hydrogen-bond donors (Lipinski definition) is 1. The zero-order valence-corrected chi connectivity index (χ0v) is 11.6. The van der Waals surface area contributed by atoms with Gasteiger partial charge >= 0.3 is 0 Å². The number of nitrogens with one attached hydrogen (secondary N) is 1. The smallest absolute Gasteiger partial charge is 0.192 e. The van der Waals surface area contributed by atoms with Gasteiger partial charge in [-0.15, -0.1) is 11.3 Å². The second-order valence-corrected chi connectivity index (χ2v) is 6.78. The van der Waals surface area contributed by atoms with Crippen LogP contribution in [0.25, 0.3) is 0 Å². The van der Waals surface area contributed by atoms with E-state index >= 15 is 0 Å². The van der Waals surface area contributed by atoms with Crippen LogP contribution in [0.3, 0.4) is 0 Å². The van der Waals surface area contributed by atoms with Crippen molar-refractivity contribution >= 4 is 26.9 Å². The minimum Gasteiger partial charge on any atom is -0.375 e. The van der Waals surface area contributed by atoms with Crippen molar-refractivity contribution in [1.82, 2.24) is 9.97 Å². The summed E-state index contributed by atoms with van der Waals surface area (Å²) in [4.78, 5) is 8.13. The van der Waals surface area contributed by atoms with Crippen LogP contribution in [-0.2, 0) is 9.84 Å². The zero-order valence-electron chi connectivity index (χ0n) is 9.99. The average Bonchev–Trinajstić information content (AvgIpc) is 2.82. The van der Waals surface area contributed by atoms with Crippen LogP contribution >= 0.6 is 11.3 Å². The molecule has 5 nitrogen and oxygen atoms in total. The van der Waals surface area contributed by atoms with Crippen molar-refractivity contribution in [2.45, 2.75) is 18.0 Å². The maximum absolute atomic E-state index is 11.3. The molecule has 0 saturated heterocycles. The zero-order chi connectivity index (χ0) is 13.2. The van der Waals surface area contributed by atoms with Crippen molar-refractivity contribution in [3.8, 4) is 0 Å². The molecule has 1 atom stereocenters. The number of hydrogen-bond acceptors (Lipinski definition) is 6. The summed E-state index contributed by atoms with van der Waals surface area (Å²) in [6, 6.07) is 3.26. The number of rotatable bonds is 4. The Kier molecular flexibility index (Phi) is 3.63. The standard InChI is InChI=1S/C11H13N3O2S2/c1-8(11-12-5-6-17-11)14-9-3-4-10(13-7-9)18(2,15)16/h3-8,14H,1-2H3. The molecule has 2 aromatic rings. The van der Waals surface area contributed by atoms with Gasteiger partial charge in [-0.05, 0) is 19.1 Å². The minimum absolute atomic E-state index is 0.0656. The summed E-state index contributed by atoms with van der Waals surface area (Å²) in [6.07, 6.45) is 4.41. The van der Waals surface area contributed by atoms with Gasteiger partial charge in [0.15, 0.2) is 14.9 Å². The van der Waals surface area contributed by atoms with E-state index < -0.39 is 9.84 Å². The fourth-order valence-corrected chi connectivity index (χ4v) is 2.65. The van der Waals surface area contributed by atoms with Crippen molar-refractivity contribution < 1.29 is 8.42 Å². The van der Waals surface area contributed by atoms with Crippen molar-refractivity contribution in [2.75, 3.05) is 11.6 Å². The fraction of sp³-hybridized carbons (Fsp3) is 0.273. The van der Waals surface area contributed by atoms with E-state index in [2.05, 4.69) is 15.3 Å². The van der Waals surface area contributed by atoms with E-state index in [9.17, 15) is 8.42 Å². The molecule has 2 aromatic heterocycles. The second-order valence-electron chi connectivity index (χ2n) is 3.89. The van der Waals surface area contributed by atoms with E-state index in [4.69, 9.17) is 0 Å². The average molecular weight is 283 g/mol. The van der Waals surface area contributed by atoms with Crippen LogP contribution < -0.4 is 5.32 Å². The van der Waals surface area contributed by atoms with Crippen molar-refractivity contribution in [1.29, 1.82) is 0 Å². The van der Waals surface area contributed by atoms with E-state index in [1.165, 1.54) is 12.3 Å². The molecule has 18 heavy (non-hydrogen) atoms. The van der Waals surface area contributed by atoms with Gasteiger partial charge in [-0.2, -0.15) is 0 Å². The third-order valence-electron chi connectivity index (χ3n) is 2.32. The molecule has 0 aliphatic carbocycles. The number of sulfone groups is 1. The Balaban J connectivity index is 2.12. The monoisotopic (exact) mass is 283 g/mol. The molecule has 0 aromatic carbocycles. The molecular formula is C11H13N3O2S2. The van der Waals surface area contributed by atoms with Gasteiger partial charge in [0.25, 0.3) is 0 Å². The van der Waals surface area contributed by atoms with Crippen molar-refractivity contribution in [3.63, 3.8) is 0 Å². The normalized spacial score (nSPS) is 13.2. The summed E-state index contributed by atoms with van der Waals surface area (Å²) in [5.74, 6) is 0. The lowest BCUT2D eigenvalue weighted by atomic mass is 10.3. The van der Waals surface area contributed by atoms with Crippen LogP contribution in [0.1, 0.15) is 18.0 Å². The first-order valence-electron chi connectivity index (χ1n) is 5.29. The van der Waals surface area contributed by atoms with Gasteiger partial charge in [0.1, 0.15) is 5.01 Å². The molecule has 7 heteroatoms. The lowest BCUT2D eigenvalue weighted by molar-refractivity contribution is 0.598. The number of anilines is 1. The van der Waals surface area contributed by atoms with Gasteiger partial charge in [0.05, 0.1) is 17.9 Å². The molecule has 2 rings (SSSR count). The van der Waals surface area contributed by atoms with Crippen LogP contribution in [0.2, 0.25) is 0 Å². The maximum atomic E-state index is 11.3. The molecule has 0 saturated carbocycles. The summed E-state index contributed by atoms with van der Waals surface area (Å²) < 4.78 is 22.5. The SMILES string of the molecule is CC(Nc1ccc(S(C)(=O)=O)nc1)c1nccs1. The Morgan fingerprint density at radius 2 is 2.11 bits per heavy atom. The van der Waals surface area contributed by atoms with Crippen molar-refractivity contribution in [3.05, 3.63) is 34.9 Å². The topological polar surface area (TPSA) is 72.0 Å². The van der Waals surface area contributed by atoms with E-state index in [1.54, 1.807) is 23.6 Å². The first-order valence-corrected chi connectivity index (χ1v) is 8.06. The van der Waals surface area contributed by atoms with Gasteiger partial charge in [-0.1, -0.05) is 0 Å². The molecule has 0 amide bonds. The molecule has 0 aliphatic rings. The van der Waals surface area contributed by atoms with Crippen LogP contribution in [0.15, 0.2) is 34.9 Å². The lowest BCUT2D eigenvalue weighted by Crippen LogP contribution is -2.07. The maximum Gasteiger partial charge on any atom is 0.192 e. The second kappa shape index (κ2) is 5.03. The molecule has 96 valence electrons. The summed E-state index contributed by atoms with van der Waals surface area (Å²) in [5.41, 5.74) is 0.769. The molecule has 0 aliphatic heterocycles. The summed E-state index contributed by atoms with van der Waals surface area (Å²) in [7, 11) is -3.24. The predicted molar refractivity (Wildman–Crippen MR) is 71.5 cm³/mol. The van der Waals surface area contributed by atoms with E-state index in [-0.39, 0.29) is 11.1 Å². The Morgan fingerprint density at radius 1 is 1.33 bits per heavy atom. The van der Waals surface area contributed by atoms with E-state index in [0.717, 1.165) is 17.0 Å². The largest absolute Gasteiger partial charge is 0.375 e. The van der Waals surface area contributed by atoms with Gasteiger partial charge in [-0.25, -0.2) is 18.4 Å². The van der Waals surface area contributed by atoms with E-state index in [1.807, 2.05) is 12.3 Å². The molecule has 2 heterocycles. The van der Waals surface area contributed by atoms with Crippen LogP contribution in [-0.4, -0.2) is 24.6 Å². The quantitative estimate of drug-likeness (QED) is 0.930. The van der Waals surface area contributed by atoms with Crippen LogP contribution in [0.5, 0.6) is 0 Å². The molecule has 1 N–H and O–H groups in total. The number of nitrogens with zero attached hydrogens (tertiary/aromatic N) is 2. The summed E-state index contributed by atoms with van der Waals surface area (Å²) in [6.45, 7) is 1.99. The third-order valence-corrected chi connectivity index (χ3v) is 4.28. The molecule has 0 bridgehead atoms. The van der Waals surface area contributed by atoms with Crippen molar-refractivity contribution in [2.24, 2.45) is 0 Å². The molecule has 0 fully saturated rings. The number of aromatic nitrogens is 2. The van der Waals surface area contributed by atoms with Crippen LogP contribution in [0.4, 0.5) is 5.69 Å². The lowest BCUT2D eigenvalue weighted by Gasteiger charge is -2.12. The minimum atomic E-state index is -3.24. The van der Waals surface area contributed by atoms with E-state index in [0.29, 0.717) is 0 Å². The Labute approximate surface area is 110 Å². The molecule has 0 spiro atoms. The third kappa shape index (κ3) is 3.05. The van der Waals surface area contributed by atoms with Gasteiger partial charge < -0.3 is 5.32 Å². The fourth-order valence-electron chi connectivity index (χ4n) is 1.45. The van der Waals surface area contributed by atoms with Gasteiger partial charge in [0.2, 0.25) is 0 Å². The molecular weight excluding hydrogens is 270 g/mol. The molecule has 1 unspecified atom stereocenters. The summed E-state index contributed by atoms with van der Waals surface area (Å²) in [5, 5.41) is 6.18. The highest BCUT2D eigenvalue weighted by Crippen LogP contribution is 2.20. The highest BCUT2D eigenvalue weighted by Gasteiger charge is 2.10. The number of pyridine rings is 1. The first kappa shape index (κ1) is 13.0. The molecule has 0 radical (unpaired) electrons. The van der Waals surface area contributed by atoms with Crippen LogP contribution in [0, 0.1) is 0 Å². The predicted octanol–water partition coefficient (Wildman–Crippen LogP) is 2.11. The Morgan fingerprint density at radius 3 is 2.61 bits per heavy atom. The highest BCUT2D eigenvalue weighted by atomic mass is 32.2. The summed E-state index contributed by atoms with van der Waals surface area (Å²) >= 11 is 1.57. The highest BCUT2D eigenvalue weighted by molar-refractivity contribution is 7.90. The number of thiazole rings is 1. The van der Waals surface area contributed by atoms with Gasteiger partial charge in [-0.3, -0.25) is 0 Å². The Hall–Kier alpha value is -1.47.